The molecule has 0 saturated carbocycles. The summed E-state index contributed by atoms with van der Waals surface area (Å²) in [7, 11) is 2.01. The molecule has 3 nitrogen and oxygen atoms in total. The Morgan fingerprint density at radius 2 is 2.00 bits per heavy atom. The van der Waals surface area contributed by atoms with Gasteiger partial charge in [0, 0.05) is 58.6 Å². The minimum absolute atomic E-state index is 0.000508. The van der Waals surface area contributed by atoms with Crippen LogP contribution in [0.4, 0.5) is 0 Å². The van der Waals surface area contributed by atoms with Gasteiger partial charge >= 0.3 is 0 Å². The van der Waals surface area contributed by atoms with Gasteiger partial charge in [-0.15, -0.1) is 11.3 Å². The van der Waals surface area contributed by atoms with E-state index in [4.69, 9.17) is 34.8 Å². The van der Waals surface area contributed by atoms with Crippen molar-refractivity contribution in [2.75, 3.05) is 13.6 Å². The van der Waals surface area contributed by atoms with Gasteiger partial charge in [-0.25, -0.2) is 0 Å². The van der Waals surface area contributed by atoms with E-state index in [-0.39, 0.29) is 5.92 Å². The molecule has 3 heterocycles. The van der Waals surface area contributed by atoms with Gasteiger partial charge < -0.3 is 10.0 Å². The highest BCUT2D eigenvalue weighted by molar-refractivity contribution is 7.16. The summed E-state index contributed by atoms with van der Waals surface area (Å²) < 4.78 is 0.728. The molecule has 0 aliphatic carbocycles. The van der Waals surface area contributed by atoms with Crippen LogP contribution in [0.15, 0.2) is 60.4 Å². The van der Waals surface area contributed by atoms with Crippen molar-refractivity contribution in [3.63, 3.8) is 0 Å². The zero-order chi connectivity index (χ0) is 19.8. The van der Waals surface area contributed by atoms with Crippen molar-refractivity contribution in [3.8, 4) is 0 Å². The first-order valence-corrected chi connectivity index (χ1v) is 10.6. The molecule has 1 aliphatic heterocycles. The summed E-state index contributed by atoms with van der Waals surface area (Å²) in [6.45, 7) is 0.720. The van der Waals surface area contributed by atoms with Gasteiger partial charge in [-0.3, -0.25) is 4.98 Å². The molecule has 3 aromatic rings. The van der Waals surface area contributed by atoms with Crippen LogP contribution in [0.25, 0.3) is 5.70 Å². The van der Waals surface area contributed by atoms with Crippen LogP contribution in [0.1, 0.15) is 28.0 Å². The molecular weight excluding hydrogens is 435 g/mol. The van der Waals surface area contributed by atoms with Crippen molar-refractivity contribution in [3.05, 3.63) is 90.8 Å². The maximum absolute atomic E-state index is 11.3. The topological polar surface area (TPSA) is 36.4 Å². The van der Waals surface area contributed by atoms with Crippen molar-refractivity contribution in [2.24, 2.45) is 0 Å². The summed E-state index contributed by atoms with van der Waals surface area (Å²) in [5, 5.41) is 12.5. The number of aromatic nitrogens is 1. The smallest absolute Gasteiger partial charge is 0.105 e. The Morgan fingerprint density at radius 3 is 2.64 bits per heavy atom. The van der Waals surface area contributed by atoms with E-state index in [0.717, 1.165) is 38.2 Å². The molecule has 2 unspecified atom stereocenters. The van der Waals surface area contributed by atoms with Crippen LogP contribution in [-0.2, 0) is 0 Å². The van der Waals surface area contributed by atoms with Crippen LogP contribution in [-0.4, -0.2) is 28.6 Å². The third-order valence-electron chi connectivity index (χ3n) is 4.91. The Kier molecular flexibility index (Phi) is 5.68. The van der Waals surface area contributed by atoms with Crippen LogP contribution in [0.3, 0.4) is 0 Å². The van der Waals surface area contributed by atoms with Crippen LogP contribution < -0.4 is 0 Å². The molecule has 2 atom stereocenters. The van der Waals surface area contributed by atoms with E-state index in [0.29, 0.717) is 10.0 Å². The molecule has 144 valence electrons. The number of pyridine rings is 1. The summed E-state index contributed by atoms with van der Waals surface area (Å²) in [6, 6.07) is 13.1. The SMILES string of the molecule is CN1CC(c2ccc(Cl)s2)C(C(O)c2cccnc2)=C1c1ccc(Cl)cc1Cl. The Labute approximate surface area is 182 Å². The molecule has 28 heavy (non-hydrogen) atoms. The van der Waals surface area contributed by atoms with Crippen molar-refractivity contribution >= 4 is 51.8 Å². The van der Waals surface area contributed by atoms with Crippen LogP contribution in [0.2, 0.25) is 14.4 Å². The van der Waals surface area contributed by atoms with E-state index in [1.165, 1.54) is 11.3 Å². The standard InChI is InChI=1S/C21H17Cl3N2OS/c1-26-11-15(17-6-7-18(24)28-17)19(21(27)12-3-2-8-25-10-12)20(26)14-5-4-13(22)9-16(14)23/h2-10,15,21,27H,11H2,1H3. The number of hydrogen-bond acceptors (Lipinski definition) is 4. The lowest BCUT2D eigenvalue weighted by atomic mass is 9.89. The van der Waals surface area contributed by atoms with E-state index in [1.54, 1.807) is 18.5 Å². The van der Waals surface area contributed by atoms with E-state index < -0.39 is 6.10 Å². The largest absolute Gasteiger partial charge is 0.384 e. The second-order valence-electron chi connectivity index (χ2n) is 6.69. The first-order chi connectivity index (χ1) is 13.5. The monoisotopic (exact) mass is 450 g/mol. The molecule has 1 aromatic carbocycles. The Bertz CT molecular complexity index is 1040. The summed E-state index contributed by atoms with van der Waals surface area (Å²) >= 11 is 20.4. The minimum Gasteiger partial charge on any atom is -0.384 e. The van der Waals surface area contributed by atoms with Gasteiger partial charge in [0.25, 0.3) is 0 Å². The van der Waals surface area contributed by atoms with E-state index in [2.05, 4.69) is 9.88 Å². The first-order valence-electron chi connectivity index (χ1n) is 8.69. The van der Waals surface area contributed by atoms with Crippen molar-refractivity contribution in [1.29, 1.82) is 0 Å². The molecule has 0 fully saturated rings. The number of nitrogens with zero attached hydrogens (tertiary/aromatic N) is 2. The summed E-state index contributed by atoms with van der Waals surface area (Å²) in [4.78, 5) is 7.40. The maximum Gasteiger partial charge on any atom is 0.105 e. The predicted molar refractivity (Wildman–Crippen MR) is 117 cm³/mol. The normalized spacial score (nSPS) is 18.0. The number of hydrogen-bond donors (Lipinski definition) is 1. The van der Waals surface area contributed by atoms with E-state index >= 15 is 0 Å². The lowest BCUT2D eigenvalue weighted by molar-refractivity contribution is 0.210. The quantitative estimate of drug-likeness (QED) is 0.507. The Hall–Kier alpha value is -1.56. The van der Waals surface area contributed by atoms with Gasteiger partial charge in [0.2, 0.25) is 0 Å². The average molecular weight is 452 g/mol. The molecule has 0 bridgehead atoms. The molecule has 0 amide bonds. The van der Waals surface area contributed by atoms with Crippen LogP contribution in [0.5, 0.6) is 0 Å². The van der Waals surface area contributed by atoms with E-state index in [1.807, 2.05) is 43.4 Å². The van der Waals surface area contributed by atoms with Crippen molar-refractivity contribution < 1.29 is 5.11 Å². The first kappa shape index (κ1) is 19.7. The van der Waals surface area contributed by atoms with Gasteiger partial charge in [0.05, 0.1) is 9.36 Å². The fraction of sp³-hybridized carbons (Fsp3) is 0.190. The number of aliphatic hydroxyl groups is 1. The molecule has 4 rings (SSSR count). The second kappa shape index (κ2) is 8.05. The molecule has 0 saturated heterocycles. The predicted octanol–water partition coefficient (Wildman–Crippen LogP) is 6.28. The number of likely N-dealkylation sites (N-methyl/N-ethyl adjacent to an activating group) is 1. The Morgan fingerprint density at radius 1 is 1.18 bits per heavy atom. The number of thiophene rings is 1. The number of halogens is 3. The molecule has 1 N–H and O–H groups in total. The maximum atomic E-state index is 11.3. The van der Waals surface area contributed by atoms with Crippen molar-refractivity contribution in [1.82, 2.24) is 9.88 Å². The number of benzene rings is 1. The van der Waals surface area contributed by atoms with Gasteiger partial charge in [0.15, 0.2) is 0 Å². The lowest BCUT2D eigenvalue weighted by Crippen LogP contribution is -2.15. The third kappa shape index (κ3) is 3.68. The molecule has 2 aromatic heterocycles. The van der Waals surface area contributed by atoms with Gasteiger partial charge in [0.1, 0.15) is 6.10 Å². The van der Waals surface area contributed by atoms with Crippen molar-refractivity contribution in [2.45, 2.75) is 12.0 Å². The van der Waals surface area contributed by atoms with Gasteiger partial charge in [-0.1, -0.05) is 40.9 Å². The van der Waals surface area contributed by atoms with Crippen LogP contribution >= 0.6 is 46.1 Å². The third-order valence-corrected chi connectivity index (χ3v) is 6.80. The average Bonchev–Trinajstić information content (AvgIpc) is 3.25. The van der Waals surface area contributed by atoms with Gasteiger partial charge in [-0.05, 0) is 42.0 Å². The number of rotatable bonds is 4. The zero-order valence-electron chi connectivity index (χ0n) is 14.9. The summed E-state index contributed by atoms with van der Waals surface area (Å²) in [5.41, 5.74) is 3.38. The highest BCUT2D eigenvalue weighted by atomic mass is 35.5. The lowest BCUT2D eigenvalue weighted by Gasteiger charge is -2.21. The Balaban J connectivity index is 1.91. The van der Waals surface area contributed by atoms with Crippen LogP contribution in [0, 0.1) is 0 Å². The minimum atomic E-state index is -0.814. The zero-order valence-corrected chi connectivity index (χ0v) is 18.0. The molecule has 1 aliphatic rings. The van der Waals surface area contributed by atoms with E-state index in [9.17, 15) is 5.11 Å². The second-order valence-corrected chi connectivity index (χ2v) is 9.28. The summed E-state index contributed by atoms with van der Waals surface area (Å²) in [5.74, 6) is -0.000508. The molecular formula is C21H17Cl3N2OS. The highest BCUT2D eigenvalue weighted by Gasteiger charge is 2.37. The summed E-state index contributed by atoms with van der Waals surface area (Å²) in [6.07, 6.45) is 2.57. The van der Waals surface area contributed by atoms with Gasteiger partial charge in [-0.2, -0.15) is 0 Å². The molecule has 0 spiro atoms. The molecule has 7 heteroatoms. The fourth-order valence-corrected chi connectivity index (χ4v) is 5.36. The highest BCUT2D eigenvalue weighted by Crippen LogP contribution is 2.48. The molecule has 0 radical (unpaired) electrons. The number of aliphatic hydroxyl groups excluding tert-OH is 1. The fourth-order valence-electron chi connectivity index (χ4n) is 3.69.